The third-order valence-electron chi connectivity index (χ3n) is 3.97. The maximum atomic E-state index is 12.4. The number of anilines is 1. The molecule has 1 unspecified atom stereocenters. The monoisotopic (exact) mass is 423 g/mol. The summed E-state index contributed by atoms with van der Waals surface area (Å²) in [6.45, 7) is 4.13. The Hall–Kier alpha value is -2.62. The highest BCUT2D eigenvalue weighted by Crippen LogP contribution is 2.42. The van der Waals surface area contributed by atoms with Crippen LogP contribution in [0.3, 0.4) is 0 Å². The minimum Gasteiger partial charge on any atom is -0.492 e. The van der Waals surface area contributed by atoms with Gasteiger partial charge in [-0.15, -0.1) is 0 Å². The van der Waals surface area contributed by atoms with Crippen molar-refractivity contribution in [2.45, 2.75) is 19.9 Å². The standard InChI is InChI=1S/C16H18BrN5O4/c1-5-26-11-7-9(6-10(17)14(11)24-3)13-12(15(23)25-4)8(2)18-16-19-20-21-22(13)16/h6-7,13H,5H2,1-4H3,(H,18,19,21). The lowest BCUT2D eigenvalue weighted by molar-refractivity contribution is -0.136. The van der Waals surface area contributed by atoms with E-state index < -0.39 is 12.0 Å². The number of hydrogen-bond acceptors (Lipinski definition) is 8. The van der Waals surface area contributed by atoms with E-state index >= 15 is 0 Å². The summed E-state index contributed by atoms with van der Waals surface area (Å²) in [5, 5.41) is 14.7. The molecule has 0 saturated heterocycles. The number of tetrazole rings is 1. The smallest absolute Gasteiger partial charge is 0.338 e. The fourth-order valence-electron chi connectivity index (χ4n) is 2.90. The van der Waals surface area contributed by atoms with Gasteiger partial charge in [0.05, 0.1) is 30.9 Å². The second-order valence-electron chi connectivity index (χ2n) is 5.47. The number of carbonyl (C=O) groups excluding carboxylic acids is 1. The Bertz CT molecular complexity index is 880. The number of aromatic nitrogens is 4. The number of allylic oxidation sites excluding steroid dienone is 1. The van der Waals surface area contributed by atoms with E-state index in [0.717, 1.165) is 5.56 Å². The summed E-state index contributed by atoms with van der Waals surface area (Å²) in [6.07, 6.45) is 0. The van der Waals surface area contributed by atoms with Crippen molar-refractivity contribution in [1.82, 2.24) is 20.2 Å². The molecule has 1 atom stereocenters. The summed E-state index contributed by atoms with van der Waals surface area (Å²) in [5.41, 5.74) is 1.77. The number of ether oxygens (including phenoxy) is 3. The van der Waals surface area contributed by atoms with E-state index in [-0.39, 0.29) is 0 Å². The van der Waals surface area contributed by atoms with Gasteiger partial charge in [0, 0.05) is 5.70 Å². The highest BCUT2D eigenvalue weighted by atomic mass is 79.9. The molecular weight excluding hydrogens is 406 g/mol. The van der Waals surface area contributed by atoms with Crippen molar-refractivity contribution < 1.29 is 19.0 Å². The molecule has 2 aromatic rings. The zero-order valence-corrected chi connectivity index (χ0v) is 16.3. The molecule has 1 aliphatic heterocycles. The number of hydrogen-bond donors (Lipinski definition) is 1. The zero-order chi connectivity index (χ0) is 18.8. The van der Waals surface area contributed by atoms with E-state index in [1.807, 2.05) is 19.1 Å². The molecule has 0 fully saturated rings. The number of methoxy groups -OCH3 is 2. The number of carbonyl (C=O) groups is 1. The van der Waals surface area contributed by atoms with Crippen LogP contribution in [0.2, 0.25) is 0 Å². The third-order valence-corrected chi connectivity index (χ3v) is 4.56. The van der Waals surface area contributed by atoms with Gasteiger partial charge in [0.15, 0.2) is 11.5 Å². The summed E-state index contributed by atoms with van der Waals surface area (Å²) in [7, 11) is 2.90. The molecule has 2 heterocycles. The van der Waals surface area contributed by atoms with Gasteiger partial charge >= 0.3 is 5.97 Å². The number of benzene rings is 1. The minimum absolute atomic E-state index is 0.409. The van der Waals surface area contributed by atoms with E-state index in [2.05, 4.69) is 36.8 Å². The van der Waals surface area contributed by atoms with Crippen LogP contribution in [-0.2, 0) is 9.53 Å². The number of halogens is 1. The average molecular weight is 424 g/mol. The molecule has 0 spiro atoms. The van der Waals surface area contributed by atoms with Crippen LogP contribution in [0.1, 0.15) is 25.5 Å². The molecular formula is C16H18BrN5O4. The maximum absolute atomic E-state index is 12.4. The highest BCUT2D eigenvalue weighted by Gasteiger charge is 2.35. The quantitative estimate of drug-likeness (QED) is 0.730. The molecule has 1 aromatic heterocycles. The summed E-state index contributed by atoms with van der Waals surface area (Å²) in [5.74, 6) is 1.09. The normalized spacial score (nSPS) is 16.0. The number of nitrogens with zero attached hydrogens (tertiary/aromatic N) is 4. The van der Waals surface area contributed by atoms with Gasteiger partial charge in [-0.25, -0.2) is 4.79 Å². The first-order valence-electron chi connectivity index (χ1n) is 7.86. The molecule has 3 rings (SSSR count). The van der Waals surface area contributed by atoms with Crippen LogP contribution in [-0.4, -0.2) is 47.0 Å². The van der Waals surface area contributed by atoms with Crippen molar-refractivity contribution in [3.05, 3.63) is 33.4 Å². The van der Waals surface area contributed by atoms with Crippen molar-refractivity contribution in [3.63, 3.8) is 0 Å². The van der Waals surface area contributed by atoms with Gasteiger partial charge in [0.25, 0.3) is 0 Å². The summed E-state index contributed by atoms with van der Waals surface area (Å²) < 4.78 is 18.3. The molecule has 0 saturated carbocycles. The summed E-state index contributed by atoms with van der Waals surface area (Å²) >= 11 is 3.50. The van der Waals surface area contributed by atoms with Crippen LogP contribution >= 0.6 is 15.9 Å². The van der Waals surface area contributed by atoms with Crippen LogP contribution < -0.4 is 14.8 Å². The van der Waals surface area contributed by atoms with Crippen molar-refractivity contribution >= 4 is 27.8 Å². The molecule has 9 nitrogen and oxygen atoms in total. The van der Waals surface area contributed by atoms with E-state index in [4.69, 9.17) is 14.2 Å². The molecule has 138 valence electrons. The molecule has 1 N–H and O–H groups in total. The van der Waals surface area contributed by atoms with Gasteiger partial charge in [-0.1, -0.05) is 5.10 Å². The van der Waals surface area contributed by atoms with Crippen molar-refractivity contribution in [3.8, 4) is 11.5 Å². The molecule has 1 aromatic carbocycles. The second-order valence-corrected chi connectivity index (χ2v) is 6.33. The Kier molecular flexibility index (Phi) is 5.12. The van der Waals surface area contributed by atoms with Crippen LogP contribution in [0.5, 0.6) is 11.5 Å². The van der Waals surface area contributed by atoms with E-state index in [1.54, 1.807) is 14.0 Å². The largest absolute Gasteiger partial charge is 0.492 e. The molecule has 0 aliphatic carbocycles. The van der Waals surface area contributed by atoms with Gasteiger partial charge in [-0.2, -0.15) is 4.68 Å². The predicted octanol–water partition coefficient (Wildman–Crippen LogP) is 2.30. The molecule has 0 bridgehead atoms. The first-order valence-corrected chi connectivity index (χ1v) is 8.65. The molecule has 0 amide bonds. The summed E-state index contributed by atoms with van der Waals surface area (Å²) in [6, 6.07) is 3.08. The van der Waals surface area contributed by atoms with Gasteiger partial charge in [0.1, 0.15) is 6.04 Å². The Morgan fingerprint density at radius 3 is 2.81 bits per heavy atom. The number of rotatable bonds is 5. The summed E-state index contributed by atoms with van der Waals surface area (Å²) in [4.78, 5) is 12.4. The van der Waals surface area contributed by atoms with Crippen molar-refractivity contribution in [2.24, 2.45) is 0 Å². The van der Waals surface area contributed by atoms with E-state index in [0.29, 0.717) is 39.8 Å². The van der Waals surface area contributed by atoms with Crippen LogP contribution in [0.25, 0.3) is 0 Å². The number of fused-ring (bicyclic) bond motifs is 1. The number of nitrogens with one attached hydrogen (secondary N) is 1. The first kappa shape index (κ1) is 18.2. The van der Waals surface area contributed by atoms with E-state index in [9.17, 15) is 4.79 Å². The lowest BCUT2D eigenvalue weighted by Gasteiger charge is -2.27. The average Bonchev–Trinajstić information content (AvgIpc) is 3.07. The SMILES string of the molecule is CCOc1cc(C2C(C(=O)OC)=C(C)Nc3nnnn32)cc(Br)c1OC. The molecule has 0 radical (unpaired) electrons. The van der Waals surface area contributed by atoms with Crippen molar-refractivity contribution in [1.29, 1.82) is 0 Å². The van der Waals surface area contributed by atoms with E-state index in [1.165, 1.54) is 11.8 Å². The second kappa shape index (κ2) is 7.32. The predicted molar refractivity (Wildman–Crippen MR) is 96.2 cm³/mol. The lowest BCUT2D eigenvalue weighted by Crippen LogP contribution is -2.29. The molecule has 10 heteroatoms. The fraction of sp³-hybridized carbons (Fsp3) is 0.375. The van der Waals surface area contributed by atoms with Crippen molar-refractivity contribution in [2.75, 3.05) is 26.1 Å². The zero-order valence-electron chi connectivity index (χ0n) is 14.7. The van der Waals surface area contributed by atoms with Gasteiger partial charge in [-0.3, -0.25) is 0 Å². The van der Waals surface area contributed by atoms with Crippen LogP contribution in [0.4, 0.5) is 5.95 Å². The Morgan fingerprint density at radius 1 is 1.38 bits per heavy atom. The Labute approximate surface area is 158 Å². The van der Waals surface area contributed by atoms with Gasteiger partial charge in [0.2, 0.25) is 5.95 Å². The van der Waals surface area contributed by atoms with Gasteiger partial charge < -0.3 is 19.5 Å². The Balaban J connectivity index is 2.21. The highest BCUT2D eigenvalue weighted by molar-refractivity contribution is 9.10. The fourth-order valence-corrected chi connectivity index (χ4v) is 3.52. The van der Waals surface area contributed by atoms with Crippen LogP contribution in [0.15, 0.2) is 27.9 Å². The number of esters is 1. The third kappa shape index (κ3) is 3.00. The Morgan fingerprint density at radius 2 is 2.15 bits per heavy atom. The topological polar surface area (TPSA) is 100 Å². The van der Waals surface area contributed by atoms with Crippen LogP contribution in [0, 0.1) is 0 Å². The molecule has 1 aliphatic rings. The maximum Gasteiger partial charge on any atom is 0.338 e. The lowest BCUT2D eigenvalue weighted by atomic mass is 9.95. The minimum atomic E-state index is -0.574. The first-order chi connectivity index (χ1) is 12.5. The van der Waals surface area contributed by atoms with Gasteiger partial charge in [-0.05, 0) is 57.9 Å². The molecule has 26 heavy (non-hydrogen) atoms.